The van der Waals surface area contributed by atoms with Gasteiger partial charge >= 0.3 is 0 Å². The van der Waals surface area contributed by atoms with Crippen LogP contribution in [0.5, 0.6) is 0 Å². The van der Waals surface area contributed by atoms with E-state index in [1.807, 2.05) is 11.8 Å². The summed E-state index contributed by atoms with van der Waals surface area (Å²) >= 11 is 1.90. The zero-order valence-electron chi connectivity index (χ0n) is 11.6. The van der Waals surface area contributed by atoms with Gasteiger partial charge in [-0.1, -0.05) is 27.7 Å². The number of hydrogen-bond donors (Lipinski definition) is 1. The van der Waals surface area contributed by atoms with Crippen molar-refractivity contribution in [1.82, 2.24) is 10.2 Å². The first-order valence-corrected chi connectivity index (χ1v) is 7.58. The molecule has 1 amide bonds. The summed E-state index contributed by atoms with van der Waals surface area (Å²) in [6, 6.07) is 0.125. The van der Waals surface area contributed by atoms with Crippen molar-refractivity contribution < 1.29 is 4.79 Å². The molecule has 0 saturated carbocycles. The molecule has 1 rings (SSSR count). The average Bonchev–Trinajstić information content (AvgIpc) is 2.70. The number of hydrogen-bond acceptors (Lipinski definition) is 3. The number of carbonyl (C=O) groups is 1. The monoisotopic (exact) mass is 258 g/mol. The van der Waals surface area contributed by atoms with E-state index in [0.717, 1.165) is 38.2 Å². The Morgan fingerprint density at radius 3 is 2.76 bits per heavy atom. The summed E-state index contributed by atoms with van der Waals surface area (Å²) in [4.78, 5) is 14.2. The van der Waals surface area contributed by atoms with Crippen LogP contribution in [0.1, 0.15) is 40.5 Å². The molecule has 0 aromatic heterocycles. The molecule has 0 spiro atoms. The van der Waals surface area contributed by atoms with Crippen molar-refractivity contribution >= 4 is 17.7 Å². The molecule has 0 bridgehead atoms. The van der Waals surface area contributed by atoms with Crippen molar-refractivity contribution in [2.24, 2.45) is 0 Å². The SMILES string of the molecule is CCN1CCC[C@H]1C(=O)NCCSC(C)(C)C. The van der Waals surface area contributed by atoms with Crippen LogP contribution in [0, 0.1) is 0 Å². The Kier molecular flexibility index (Phi) is 5.80. The van der Waals surface area contributed by atoms with Crippen molar-refractivity contribution in [1.29, 1.82) is 0 Å². The van der Waals surface area contributed by atoms with Crippen LogP contribution in [0.4, 0.5) is 0 Å². The van der Waals surface area contributed by atoms with Gasteiger partial charge in [-0.25, -0.2) is 0 Å². The van der Waals surface area contributed by atoms with Gasteiger partial charge in [0.1, 0.15) is 0 Å². The Labute approximate surface area is 110 Å². The molecule has 0 unspecified atom stereocenters. The third kappa shape index (κ3) is 5.30. The molecule has 1 N–H and O–H groups in total. The number of carbonyl (C=O) groups excluding carboxylic acids is 1. The summed E-state index contributed by atoms with van der Waals surface area (Å²) in [5.41, 5.74) is 0. The minimum Gasteiger partial charge on any atom is -0.354 e. The zero-order valence-corrected chi connectivity index (χ0v) is 12.4. The van der Waals surface area contributed by atoms with E-state index in [4.69, 9.17) is 0 Å². The van der Waals surface area contributed by atoms with E-state index < -0.39 is 0 Å². The Morgan fingerprint density at radius 2 is 2.18 bits per heavy atom. The third-order valence-corrected chi connectivity index (χ3v) is 4.28. The minimum atomic E-state index is 0.125. The molecular weight excluding hydrogens is 232 g/mol. The van der Waals surface area contributed by atoms with Crippen LogP contribution in [0.25, 0.3) is 0 Å². The summed E-state index contributed by atoms with van der Waals surface area (Å²) in [6.45, 7) is 11.6. The molecule has 0 aromatic carbocycles. The van der Waals surface area contributed by atoms with Crippen LogP contribution in [0.15, 0.2) is 0 Å². The second kappa shape index (κ2) is 6.64. The molecular formula is C13H26N2OS. The fraction of sp³-hybridized carbons (Fsp3) is 0.923. The lowest BCUT2D eigenvalue weighted by Crippen LogP contribution is -2.43. The van der Waals surface area contributed by atoms with E-state index in [1.165, 1.54) is 0 Å². The van der Waals surface area contributed by atoms with Crippen molar-refractivity contribution in [3.05, 3.63) is 0 Å². The maximum atomic E-state index is 12.0. The van der Waals surface area contributed by atoms with Gasteiger partial charge in [0.2, 0.25) is 5.91 Å². The lowest BCUT2D eigenvalue weighted by Gasteiger charge is -2.22. The van der Waals surface area contributed by atoms with Crippen LogP contribution in [0.3, 0.4) is 0 Å². The van der Waals surface area contributed by atoms with Crippen molar-refractivity contribution in [3.63, 3.8) is 0 Å². The normalized spacial score (nSPS) is 21.8. The third-order valence-electron chi connectivity index (χ3n) is 3.01. The predicted molar refractivity (Wildman–Crippen MR) is 75.5 cm³/mol. The largest absolute Gasteiger partial charge is 0.354 e. The quantitative estimate of drug-likeness (QED) is 0.767. The Balaban J connectivity index is 2.21. The molecule has 1 aliphatic heterocycles. The maximum Gasteiger partial charge on any atom is 0.237 e. The molecule has 1 saturated heterocycles. The van der Waals surface area contributed by atoms with Crippen LogP contribution < -0.4 is 5.32 Å². The zero-order chi connectivity index (χ0) is 12.9. The number of rotatable bonds is 5. The van der Waals surface area contributed by atoms with Gasteiger partial charge in [-0.15, -0.1) is 0 Å². The standard InChI is InChI=1S/C13H26N2OS/c1-5-15-9-6-7-11(15)12(16)14-8-10-17-13(2,3)4/h11H,5-10H2,1-4H3,(H,14,16)/t11-/m0/s1. The highest BCUT2D eigenvalue weighted by atomic mass is 32.2. The molecule has 4 heteroatoms. The highest BCUT2D eigenvalue weighted by Gasteiger charge is 2.28. The van der Waals surface area contributed by atoms with Crippen LogP contribution in [-0.4, -0.2) is 47.0 Å². The van der Waals surface area contributed by atoms with E-state index in [9.17, 15) is 4.79 Å². The van der Waals surface area contributed by atoms with Crippen LogP contribution in [0.2, 0.25) is 0 Å². The fourth-order valence-corrected chi connectivity index (χ4v) is 2.97. The molecule has 1 fully saturated rings. The molecule has 0 radical (unpaired) electrons. The van der Waals surface area contributed by atoms with Crippen LogP contribution >= 0.6 is 11.8 Å². The molecule has 1 aliphatic rings. The van der Waals surface area contributed by atoms with Gasteiger partial charge in [0, 0.05) is 17.0 Å². The van der Waals surface area contributed by atoms with E-state index in [0.29, 0.717) is 0 Å². The second-order valence-electron chi connectivity index (χ2n) is 5.54. The Bertz CT molecular complexity index is 250. The molecule has 17 heavy (non-hydrogen) atoms. The fourth-order valence-electron chi connectivity index (χ4n) is 2.15. The first kappa shape index (κ1) is 14.8. The number of likely N-dealkylation sites (N-methyl/N-ethyl adjacent to an activating group) is 1. The number of nitrogens with zero attached hydrogens (tertiary/aromatic N) is 1. The molecule has 1 heterocycles. The van der Waals surface area contributed by atoms with Crippen molar-refractivity contribution in [2.45, 2.75) is 51.3 Å². The van der Waals surface area contributed by atoms with Gasteiger partial charge in [-0.3, -0.25) is 9.69 Å². The summed E-state index contributed by atoms with van der Waals surface area (Å²) in [6.07, 6.45) is 2.18. The van der Waals surface area contributed by atoms with E-state index in [1.54, 1.807) is 0 Å². The molecule has 1 atom stereocenters. The molecule has 0 aliphatic carbocycles. The molecule has 0 aromatic rings. The number of likely N-dealkylation sites (tertiary alicyclic amines) is 1. The topological polar surface area (TPSA) is 32.3 Å². The average molecular weight is 258 g/mol. The highest BCUT2D eigenvalue weighted by Crippen LogP contribution is 2.22. The Hall–Kier alpha value is -0.220. The van der Waals surface area contributed by atoms with Gasteiger partial charge in [-0.2, -0.15) is 11.8 Å². The molecule has 100 valence electrons. The molecule has 3 nitrogen and oxygen atoms in total. The maximum absolute atomic E-state index is 12.0. The van der Waals surface area contributed by atoms with E-state index in [-0.39, 0.29) is 16.7 Å². The van der Waals surface area contributed by atoms with Gasteiger partial charge < -0.3 is 5.32 Å². The van der Waals surface area contributed by atoms with Crippen molar-refractivity contribution in [2.75, 3.05) is 25.4 Å². The van der Waals surface area contributed by atoms with Gasteiger partial charge in [0.25, 0.3) is 0 Å². The number of nitrogens with one attached hydrogen (secondary N) is 1. The van der Waals surface area contributed by atoms with Gasteiger partial charge in [0.05, 0.1) is 6.04 Å². The number of amides is 1. The van der Waals surface area contributed by atoms with Crippen molar-refractivity contribution in [3.8, 4) is 0 Å². The highest BCUT2D eigenvalue weighted by molar-refractivity contribution is 8.00. The van der Waals surface area contributed by atoms with Gasteiger partial charge in [-0.05, 0) is 25.9 Å². The first-order valence-electron chi connectivity index (χ1n) is 6.60. The van der Waals surface area contributed by atoms with E-state index in [2.05, 4.69) is 37.9 Å². The Morgan fingerprint density at radius 1 is 1.47 bits per heavy atom. The second-order valence-corrected chi connectivity index (χ2v) is 7.46. The summed E-state index contributed by atoms with van der Waals surface area (Å²) in [5, 5.41) is 3.06. The lowest BCUT2D eigenvalue weighted by molar-refractivity contribution is -0.125. The predicted octanol–water partition coefficient (Wildman–Crippen LogP) is 2.12. The number of thioether (sulfide) groups is 1. The van der Waals surface area contributed by atoms with E-state index >= 15 is 0 Å². The van der Waals surface area contributed by atoms with Crippen LogP contribution in [-0.2, 0) is 4.79 Å². The summed E-state index contributed by atoms with van der Waals surface area (Å²) in [7, 11) is 0. The minimum absolute atomic E-state index is 0.125. The lowest BCUT2D eigenvalue weighted by atomic mass is 10.2. The summed E-state index contributed by atoms with van der Waals surface area (Å²) < 4.78 is 0.285. The summed E-state index contributed by atoms with van der Waals surface area (Å²) in [5.74, 6) is 1.22. The van der Waals surface area contributed by atoms with Gasteiger partial charge in [0.15, 0.2) is 0 Å². The smallest absolute Gasteiger partial charge is 0.237 e. The first-order chi connectivity index (χ1) is 7.94.